The zero-order valence-electron chi connectivity index (χ0n) is 14.2. The minimum absolute atomic E-state index is 0. The molecule has 0 unspecified atom stereocenters. The average Bonchev–Trinajstić information content (AvgIpc) is 3.13. The first-order chi connectivity index (χ1) is 12.1. The molecule has 0 saturated heterocycles. The molecule has 0 bridgehead atoms. The summed E-state index contributed by atoms with van der Waals surface area (Å²) in [4.78, 5) is 15.3. The molecule has 0 radical (unpaired) electrons. The van der Waals surface area contributed by atoms with Gasteiger partial charge < -0.3 is 17.0 Å². The lowest BCUT2D eigenvalue weighted by Gasteiger charge is -1.97. The van der Waals surface area contributed by atoms with Gasteiger partial charge in [0.05, 0.1) is 4.88 Å². The normalized spacial score (nSPS) is 10.7. The third kappa shape index (κ3) is 3.11. The predicted molar refractivity (Wildman–Crippen MR) is 101 cm³/mol. The molecule has 4 rings (SSSR count). The van der Waals surface area contributed by atoms with Crippen LogP contribution in [0.4, 0.5) is 0 Å². The second-order valence-corrected chi connectivity index (χ2v) is 7.54. The number of carbonyl (C=O) groups is 1. The van der Waals surface area contributed by atoms with Crippen molar-refractivity contribution in [3.63, 3.8) is 0 Å². The molecular weight excluding hydrogens is 432 g/mol. The molecule has 2 aromatic heterocycles. The molecule has 0 aliphatic heterocycles. The Morgan fingerprint density at radius 1 is 1.04 bits per heavy atom. The molecule has 3 nitrogen and oxygen atoms in total. The molecule has 6 heteroatoms. The Bertz CT molecular complexity index is 1080. The highest BCUT2D eigenvalue weighted by Crippen LogP contribution is 2.23. The van der Waals surface area contributed by atoms with Crippen molar-refractivity contribution in [1.29, 1.82) is 0 Å². The van der Waals surface area contributed by atoms with Gasteiger partial charge in [0.1, 0.15) is 17.6 Å². The highest BCUT2D eigenvalue weighted by atomic mass is 79.9. The van der Waals surface area contributed by atoms with Gasteiger partial charge in [-0.15, -0.1) is 0 Å². The number of nitrogens with zero attached hydrogens (tertiary/aromatic N) is 2. The number of ketones is 1. The minimum atomic E-state index is -0.0118. The van der Waals surface area contributed by atoms with Crippen LogP contribution >= 0.6 is 22.9 Å². The van der Waals surface area contributed by atoms with Crippen molar-refractivity contribution in [2.75, 3.05) is 0 Å². The van der Waals surface area contributed by atoms with E-state index >= 15 is 0 Å². The molecule has 2 heterocycles. The van der Waals surface area contributed by atoms with E-state index in [0.29, 0.717) is 16.3 Å². The van der Waals surface area contributed by atoms with E-state index in [-0.39, 0.29) is 22.8 Å². The second-order valence-electron chi connectivity index (χ2n) is 5.92. The van der Waals surface area contributed by atoms with Crippen LogP contribution in [-0.4, -0.2) is 10.4 Å². The lowest BCUT2D eigenvalue weighted by Crippen LogP contribution is -3.00. The van der Waals surface area contributed by atoms with Gasteiger partial charge >= 0.3 is 4.96 Å². The molecule has 0 amide bonds. The monoisotopic (exact) mass is 446 g/mol. The number of thiazole rings is 1. The van der Waals surface area contributed by atoms with Crippen molar-refractivity contribution >= 4 is 33.7 Å². The lowest BCUT2D eigenvalue weighted by atomic mass is 10.1. The SMILES string of the molecule is Cc1sc2n(-c3ccccc3)cc(C(=O)c3ccc(Cl)cc3)[n+]2c1C.[Br-]. The van der Waals surface area contributed by atoms with E-state index in [0.717, 1.165) is 16.3 Å². The molecular formula is C20H16BrClN2OS. The van der Waals surface area contributed by atoms with Gasteiger partial charge in [-0.25, -0.2) is 0 Å². The third-order valence-corrected chi connectivity index (χ3v) is 5.77. The van der Waals surface area contributed by atoms with Crippen molar-refractivity contribution in [3.8, 4) is 5.69 Å². The van der Waals surface area contributed by atoms with Gasteiger partial charge in [0.15, 0.2) is 0 Å². The number of benzene rings is 2. The number of rotatable bonds is 3. The van der Waals surface area contributed by atoms with Gasteiger partial charge in [0, 0.05) is 10.6 Å². The van der Waals surface area contributed by atoms with E-state index in [1.807, 2.05) is 47.9 Å². The van der Waals surface area contributed by atoms with Crippen molar-refractivity contribution in [3.05, 3.63) is 87.6 Å². The van der Waals surface area contributed by atoms with E-state index < -0.39 is 0 Å². The zero-order valence-corrected chi connectivity index (χ0v) is 17.4. The highest BCUT2D eigenvalue weighted by molar-refractivity contribution is 7.16. The Hall–Kier alpha value is -1.95. The van der Waals surface area contributed by atoms with Gasteiger partial charge in [-0.3, -0.25) is 4.79 Å². The van der Waals surface area contributed by atoms with Gasteiger partial charge in [0.2, 0.25) is 11.5 Å². The Morgan fingerprint density at radius 2 is 1.69 bits per heavy atom. The van der Waals surface area contributed by atoms with Crippen molar-refractivity contribution in [1.82, 2.24) is 4.57 Å². The number of hydrogen-bond donors (Lipinski definition) is 0. The fourth-order valence-corrected chi connectivity index (χ4v) is 4.14. The molecule has 2 aromatic carbocycles. The summed E-state index contributed by atoms with van der Waals surface area (Å²) in [5, 5.41) is 0.624. The first-order valence-corrected chi connectivity index (χ1v) is 9.14. The molecule has 0 N–H and O–H groups in total. The summed E-state index contributed by atoms with van der Waals surface area (Å²) in [6.45, 7) is 4.13. The Balaban J connectivity index is 0.00000196. The number of aryl methyl sites for hydroxylation is 2. The van der Waals surface area contributed by atoms with E-state index in [1.165, 1.54) is 4.88 Å². The van der Waals surface area contributed by atoms with Crippen LogP contribution < -0.4 is 21.4 Å². The van der Waals surface area contributed by atoms with E-state index in [9.17, 15) is 4.79 Å². The number of halogens is 2. The van der Waals surface area contributed by atoms with Crippen LogP contribution in [0, 0.1) is 13.8 Å². The molecule has 0 aliphatic rings. The summed E-state index contributed by atoms with van der Waals surface area (Å²) in [6.07, 6.45) is 1.92. The van der Waals surface area contributed by atoms with Crippen LogP contribution in [0.3, 0.4) is 0 Å². The van der Waals surface area contributed by atoms with E-state index in [4.69, 9.17) is 11.6 Å². The van der Waals surface area contributed by atoms with E-state index in [1.54, 1.807) is 35.6 Å². The first kappa shape index (κ1) is 18.8. The number of imidazole rings is 1. The molecule has 0 spiro atoms. The maximum Gasteiger partial charge on any atom is 0.351 e. The molecule has 132 valence electrons. The van der Waals surface area contributed by atoms with Gasteiger partial charge in [-0.2, -0.15) is 8.97 Å². The first-order valence-electron chi connectivity index (χ1n) is 7.95. The summed E-state index contributed by atoms with van der Waals surface area (Å²) in [6, 6.07) is 17.1. The van der Waals surface area contributed by atoms with Gasteiger partial charge in [0.25, 0.3) is 0 Å². The molecule has 4 aromatic rings. The number of carbonyl (C=O) groups excluding carboxylic acids is 1. The number of aromatic nitrogens is 2. The maximum absolute atomic E-state index is 13.1. The summed E-state index contributed by atoms with van der Waals surface area (Å²) in [5.74, 6) is -0.0118. The van der Waals surface area contributed by atoms with Crippen LogP contribution in [0.2, 0.25) is 5.02 Å². The number of fused-ring (bicyclic) bond motifs is 1. The Kier molecular flexibility index (Phi) is 5.32. The standard InChI is InChI=1S/C20H16ClN2OS.BrH/c1-13-14(2)25-20-22(17-6-4-3-5-7-17)12-18(23(13)20)19(24)15-8-10-16(21)11-9-15;/h3-12H,1-2H3;1H/q+1;/p-1. The third-order valence-electron chi connectivity index (χ3n) is 4.35. The molecule has 0 saturated carbocycles. The van der Waals surface area contributed by atoms with Gasteiger partial charge in [-0.1, -0.05) is 41.1 Å². The second kappa shape index (κ2) is 7.35. The highest BCUT2D eigenvalue weighted by Gasteiger charge is 2.29. The summed E-state index contributed by atoms with van der Waals surface area (Å²) in [7, 11) is 0. The molecule has 0 aliphatic carbocycles. The van der Waals surface area contributed by atoms with Crippen LogP contribution in [0.5, 0.6) is 0 Å². The minimum Gasteiger partial charge on any atom is -1.00 e. The fraction of sp³-hybridized carbons (Fsp3) is 0.100. The van der Waals surface area contributed by atoms with Gasteiger partial charge in [-0.05, 0) is 50.2 Å². The van der Waals surface area contributed by atoms with Crippen molar-refractivity contribution in [2.45, 2.75) is 13.8 Å². The predicted octanol–water partition coefficient (Wildman–Crippen LogP) is 1.78. The van der Waals surface area contributed by atoms with Crippen LogP contribution in [-0.2, 0) is 0 Å². The molecule has 0 fully saturated rings. The topological polar surface area (TPSA) is 26.1 Å². The van der Waals surface area contributed by atoms with Crippen LogP contribution in [0.1, 0.15) is 26.6 Å². The number of hydrogen-bond acceptors (Lipinski definition) is 2. The number of para-hydroxylation sites is 1. The zero-order chi connectivity index (χ0) is 17.6. The van der Waals surface area contributed by atoms with Crippen molar-refractivity contribution < 1.29 is 26.2 Å². The van der Waals surface area contributed by atoms with Crippen LogP contribution in [0.25, 0.3) is 10.6 Å². The molecule has 26 heavy (non-hydrogen) atoms. The maximum atomic E-state index is 13.1. The largest absolute Gasteiger partial charge is 1.00 e. The van der Waals surface area contributed by atoms with Crippen molar-refractivity contribution in [2.24, 2.45) is 0 Å². The molecule has 0 atom stereocenters. The Labute approximate surface area is 171 Å². The quantitative estimate of drug-likeness (QED) is 0.347. The fourth-order valence-electron chi connectivity index (χ4n) is 2.92. The summed E-state index contributed by atoms with van der Waals surface area (Å²) >= 11 is 7.64. The summed E-state index contributed by atoms with van der Waals surface area (Å²) < 4.78 is 4.12. The van der Waals surface area contributed by atoms with Crippen LogP contribution in [0.15, 0.2) is 60.8 Å². The van der Waals surface area contributed by atoms with E-state index in [2.05, 4.69) is 11.5 Å². The summed E-state index contributed by atoms with van der Waals surface area (Å²) in [5.41, 5.74) is 3.42. The Morgan fingerprint density at radius 3 is 2.35 bits per heavy atom. The lowest BCUT2D eigenvalue weighted by molar-refractivity contribution is -0.516. The smallest absolute Gasteiger partial charge is 0.351 e. The average molecular weight is 448 g/mol.